The van der Waals surface area contributed by atoms with Crippen LogP contribution in [-0.2, 0) is 4.79 Å². The standard InChI is InChI=1S/C25H27N9O4/c1-3-19(35)32-11-6-12-33(15-32)34-23-20(22(26)27-14-28-23)21(30-34)24(36)29-18-8-7-17(13-16(18)2)38-25(37)31-9-4-5-10-31/h3,6-8,12-14H,1,4-5,9-11,15H2,2H3,(H,29,36)(H2,26,27,28). The van der Waals surface area contributed by atoms with Crippen LogP contribution in [0.5, 0.6) is 5.75 Å². The summed E-state index contributed by atoms with van der Waals surface area (Å²) in [5.41, 5.74) is 7.65. The van der Waals surface area contributed by atoms with Crippen molar-refractivity contribution >= 4 is 40.4 Å². The summed E-state index contributed by atoms with van der Waals surface area (Å²) in [6, 6.07) is 4.96. The number of likely N-dealkylation sites (tertiary alicyclic amines) is 1. The summed E-state index contributed by atoms with van der Waals surface area (Å²) >= 11 is 0. The van der Waals surface area contributed by atoms with E-state index in [1.54, 1.807) is 52.2 Å². The Kier molecular flexibility index (Phi) is 6.64. The first-order valence-corrected chi connectivity index (χ1v) is 12.1. The Bertz CT molecular complexity index is 1460. The zero-order valence-corrected chi connectivity index (χ0v) is 20.8. The fraction of sp³-hybridized carbons (Fsp3) is 0.280. The molecule has 0 unspecified atom stereocenters. The van der Waals surface area contributed by atoms with Gasteiger partial charge in [-0.1, -0.05) is 6.58 Å². The molecule has 2 aliphatic heterocycles. The average molecular weight is 518 g/mol. The first-order valence-electron chi connectivity index (χ1n) is 12.1. The number of nitrogens with one attached hydrogen (secondary N) is 1. The number of amides is 3. The van der Waals surface area contributed by atoms with Gasteiger partial charge in [0.25, 0.3) is 5.91 Å². The van der Waals surface area contributed by atoms with Crippen LogP contribution in [0.25, 0.3) is 11.0 Å². The highest BCUT2D eigenvalue weighted by Gasteiger charge is 2.26. The smallest absolute Gasteiger partial charge is 0.410 e. The van der Waals surface area contributed by atoms with E-state index in [-0.39, 0.29) is 35.6 Å². The maximum absolute atomic E-state index is 13.4. The highest BCUT2D eigenvalue weighted by atomic mass is 16.6. The third-order valence-electron chi connectivity index (χ3n) is 6.36. The van der Waals surface area contributed by atoms with Crippen molar-refractivity contribution in [1.82, 2.24) is 29.7 Å². The number of nitrogens with zero attached hydrogens (tertiary/aromatic N) is 7. The number of fused-ring (bicyclic) bond motifs is 1. The van der Waals surface area contributed by atoms with Crippen LogP contribution < -0.4 is 20.8 Å². The monoisotopic (exact) mass is 517 g/mol. The molecule has 13 nitrogen and oxygen atoms in total. The van der Waals surface area contributed by atoms with E-state index in [1.807, 2.05) is 0 Å². The quantitative estimate of drug-likeness (QED) is 0.484. The normalized spacial score (nSPS) is 15.1. The molecule has 0 atom stereocenters. The lowest BCUT2D eigenvalue weighted by atomic mass is 10.2. The van der Waals surface area contributed by atoms with Gasteiger partial charge >= 0.3 is 6.09 Å². The van der Waals surface area contributed by atoms with E-state index in [1.165, 1.54) is 17.2 Å². The van der Waals surface area contributed by atoms with Crippen molar-refractivity contribution in [3.63, 3.8) is 0 Å². The number of ether oxygens (including phenoxy) is 1. The Morgan fingerprint density at radius 2 is 1.95 bits per heavy atom. The van der Waals surface area contributed by atoms with Crippen LogP contribution >= 0.6 is 0 Å². The molecule has 1 aromatic carbocycles. The van der Waals surface area contributed by atoms with Crippen LogP contribution in [0, 0.1) is 6.92 Å². The first-order chi connectivity index (χ1) is 18.4. The Morgan fingerprint density at radius 1 is 1.16 bits per heavy atom. The van der Waals surface area contributed by atoms with E-state index < -0.39 is 5.91 Å². The minimum atomic E-state index is -0.528. The summed E-state index contributed by atoms with van der Waals surface area (Å²) in [6.07, 6.45) is 7.60. The van der Waals surface area contributed by atoms with Crippen LogP contribution in [0.1, 0.15) is 28.9 Å². The number of nitrogens with two attached hydrogens (primary N) is 1. The molecule has 3 amide bonds. The second-order valence-electron chi connectivity index (χ2n) is 8.92. The number of aryl methyl sites for hydroxylation is 1. The van der Waals surface area contributed by atoms with Crippen LogP contribution in [-0.4, -0.2) is 73.9 Å². The lowest BCUT2D eigenvalue weighted by molar-refractivity contribution is -0.125. The van der Waals surface area contributed by atoms with Crippen LogP contribution in [0.15, 0.2) is 49.5 Å². The number of hydrogen-bond donors (Lipinski definition) is 2. The summed E-state index contributed by atoms with van der Waals surface area (Å²) in [6.45, 7) is 7.28. The zero-order chi connectivity index (χ0) is 26.8. The van der Waals surface area contributed by atoms with Crippen molar-refractivity contribution in [2.45, 2.75) is 19.8 Å². The van der Waals surface area contributed by atoms with Gasteiger partial charge in [0.1, 0.15) is 24.6 Å². The Hall–Kier alpha value is -4.94. The highest BCUT2D eigenvalue weighted by molar-refractivity contribution is 6.13. The van der Waals surface area contributed by atoms with Gasteiger partial charge < -0.3 is 25.6 Å². The molecule has 2 aromatic heterocycles. The van der Waals surface area contributed by atoms with Gasteiger partial charge in [-0.2, -0.15) is 4.79 Å². The van der Waals surface area contributed by atoms with Gasteiger partial charge in [-0.15, -0.1) is 5.10 Å². The molecule has 4 heterocycles. The lowest BCUT2D eigenvalue weighted by Crippen LogP contribution is -2.46. The molecule has 3 N–H and O–H groups in total. The van der Waals surface area contributed by atoms with E-state index in [9.17, 15) is 14.4 Å². The van der Waals surface area contributed by atoms with Crippen LogP contribution in [0.4, 0.5) is 16.3 Å². The number of benzene rings is 1. The molecule has 2 aliphatic rings. The van der Waals surface area contributed by atoms with E-state index in [4.69, 9.17) is 10.5 Å². The second kappa shape index (κ2) is 10.2. The van der Waals surface area contributed by atoms with Crippen molar-refractivity contribution in [1.29, 1.82) is 0 Å². The third-order valence-corrected chi connectivity index (χ3v) is 6.36. The molecule has 196 valence electrons. The Morgan fingerprint density at radius 3 is 2.68 bits per heavy atom. The van der Waals surface area contributed by atoms with E-state index in [0.29, 0.717) is 42.3 Å². The number of carbonyl (C=O) groups excluding carboxylic acids is 3. The topological polar surface area (TPSA) is 152 Å². The molecule has 0 radical (unpaired) electrons. The van der Waals surface area contributed by atoms with E-state index in [2.05, 4.69) is 27.0 Å². The lowest BCUT2D eigenvalue weighted by Gasteiger charge is -2.31. The fourth-order valence-corrected chi connectivity index (χ4v) is 4.37. The fourth-order valence-electron chi connectivity index (χ4n) is 4.37. The predicted molar refractivity (Wildman–Crippen MR) is 140 cm³/mol. The largest absolute Gasteiger partial charge is 0.415 e. The Labute approximate surface area is 218 Å². The summed E-state index contributed by atoms with van der Waals surface area (Å²) in [5, 5.41) is 9.23. The molecule has 5 rings (SSSR count). The Balaban J connectivity index is 1.39. The maximum Gasteiger partial charge on any atom is 0.415 e. The number of hydrogen-bond acceptors (Lipinski definition) is 9. The summed E-state index contributed by atoms with van der Waals surface area (Å²) in [5.74, 6) is -0.291. The average Bonchev–Trinajstić information content (AvgIpc) is 3.59. The maximum atomic E-state index is 13.4. The van der Waals surface area contributed by atoms with Crippen molar-refractivity contribution in [2.75, 3.05) is 42.4 Å². The second-order valence-corrected chi connectivity index (χ2v) is 8.92. The molecule has 0 saturated carbocycles. The zero-order valence-electron chi connectivity index (χ0n) is 20.8. The molecule has 0 bridgehead atoms. The van der Waals surface area contributed by atoms with Gasteiger partial charge in [-0.05, 0) is 55.7 Å². The molecule has 1 fully saturated rings. The molecule has 1 saturated heterocycles. The number of aromatic nitrogens is 4. The minimum absolute atomic E-state index is 0.0163. The van der Waals surface area contributed by atoms with Gasteiger partial charge in [-0.3, -0.25) is 14.6 Å². The molecular weight excluding hydrogens is 490 g/mol. The molecule has 0 aliphatic carbocycles. The summed E-state index contributed by atoms with van der Waals surface area (Å²) in [4.78, 5) is 50.8. The molecule has 38 heavy (non-hydrogen) atoms. The van der Waals surface area contributed by atoms with Gasteiger partial charge in [-0.25, -0.2) is 14.8 Å². The van der Waals surface area contributed by atoms with Crippen molar-refractivity contribution in [3.05, 3.63) is 60.7 Å². The summed E-state index contributed by atoms with van der Waals surface area (Å²) in [7, 11) is 0. The van der Waals surface area contributed by atoms with Gasteiger partial charge in [0, 0.05) is 31.5 Å². The van der Waals surface area contributed by atoms with E-state index >= 15 is 0 Å². The molecule has 3 aromatic rings. The van der Waals surface area contributed by atoms with E-state index in [0.717, 1.165) is 12.8 Å². The summed E-state index contributed by atoms with van der Waals surface area (Å²) < 4.78 is 5.48. The van der Waals surface area contributed by atoms with Crippen molar-refractivity contribution < 1.29 is 19.1 Å². The number of nitrogen functional groups attached to an aromatic ring is 1. The van der Waals surface area contributed by atoms with Gasteiger partial charge in [0.2, 0.25) is 5.91 Å². The minimum Gasteiger partial charge on any atom is -0.410 e. The van der Waals surface area contributed by atoms with Crippen LogP contribution in [0.3, 0.4) is 0 Å². The third kappa shape index (κ3) is 4.73. The highest BCUT2D eigenvalue weighted by Crippen LogP contribution is 2.26. The number of carbonyl (C=O) groups is 3. The van der Waals surface area contributed by atoms with Crippen molar-refractivity contribution in [2.24, 2.45) is 0 Å². The van der Waals surface area contributed by atoms with Crippen molar-refractivity contribution in [3.8, 4) is 5.75 Å². The number of rotatable bonds is 5. The van der Waals surface area contributed by atoms with Gasteiger partial charge in [0.05, 0.1) is 5.39 Å². The first kappa shape index (κ1) is 24.7. The molecule has 0 spiro atoms. The van der Waals surface area contributed by atoms with Gasteiger partial charge in [0.15, 0.2) is 11.3 Å². The molecule has 13 heteroatoms. The SMILES string of the molecule is C=CC(=O)N1CC=CN(n2nc(C(=O)Nc3ccc(OC(=O)N4CCCC4)cc3C)c3c(N)ncnc32)C1. The van der Waals surface area contributed by atoms with Crippen LogP contribution in [0.2, 0.25) is 0 Å². The number of anilines is 2. The predicted octanol–water partition coefficient (Wildman–Crippen LogP) is 2.00. The molecular formula is C25H27N9O4.